The van der Waals surface area contributed by atoms with Crippen LogP contribution >= 0.6 is 0 Å². The number of carbonyl (C=O) groups is 2. The predicted molar refractivity (Wildman–Crippen MR) is 173 cm³/mol. The average Bonchev–Trinajstić information content (AvgIpc) is 3.55. The molecule has 0 aromatic heterocycles. The van der Waals surface area contributed by atoms with E-state index in [-0.39, 0.29) is 50.5 Å². The molecule has 10 heteroatoms. The summed E-state index contributed by atoms with van der Waals surface area (Å²) in [5.74, 6) is -0.412. The number of ether oxygens (including phenoxy) is 3. The van der Waals surface area contributed by atoms with Gasteiger partial charge < -0.3 is 35.1 Å². The molecule has 46 heavy (non-hydrogen) atoms. The molecule has 4 N–H and O–H groups in total. The number of nitrogens with zero attached hydrogens (tertiary/aromatic N) is 1. The number of likely N-dealkylation sites (tertiary alicyclic amines) is 1. The summed E-state index contributed by atoms with van der Waals surface area (Å²) in [6, 6.07) is 23.7. The fraction of sp³-hybridized carbons (Fsp3) is 0.444. The van der Waals surface area contributed by atoms with E-state index in [0.29, 0.717) is 6.54 Å². The first-order valence-electron chi connectivity index (χ1n) is 16.1. The lowest BCUT2D eigenvalue weighted by Crippen LogP contribution is -2.46. The van der Waals surface area contributed by atoms with Gasteiger partial charge in [0.1, 0.15) is 6.54 Å². The van der Waals surface area contributed by atoms with Gasteiger partial charge in [-0.05, 0) is 60.2 Å². The quantitative estimate of drug-likeness (QED) is 0.216. The van der Waals surface area contributed by atoms with Crippen LogP contribution in [0.15, 0.2) is 72.8 Å². The first-order valence-corrected chi connectivity index (χ1v) is 16.1. The van der Waals surface area contributed by atoms with E-state index in [9.17, 15) is 19.8 Å². The molecule has 2 aliphatic heterocycles. The number of carbonyl (C=O) groups excluding carboxylic acids is 2. The normalized spacial score (nSPS) is 23.2. The van der Waals surface area contributed by atoms with Crippen LogP contribution in [0.4, 0.5) is 4.79 Å². The highest BCUT2D eigenvalue weighted by Crippen LogP contribution is 2.42. The molecule has 2 aliphatic rings. The summed E-state index contributed by atoms with van der Waals surface area (Å²) in [5, 5.41) is 24.7. The molecule has 0 unspecified atom stereocenters. The smallest absolute Gasteiger partial charge is 0.325 e. The number of hydrogen-bond donors (Lipinski definition) is 4. The zero-order valence-electron chi connectivity index (χ0n) is 26.6. The van der Waals surface area contributed by atoms with Gasteiger partial charge in [0.2, 0.25) is 0 Å². The second-order valence-electron chi connectivity index (χ2n) is 12.0. The molecule has 3 aromatic carbocycles. The van der Waals surface area contributed by atoms with Gasteiger partial charge in [0.05, 0.1) is 32.0 Å². The molecule has 10 nitrogen and oxygen atoms in total. The van der Waals surface area contributed by atoms with Gasteiger partial charge in [-0.2, -0.15) is 0 Å². The molecule has 5 atom stereocenters. The third kappa shape index (κ3) is 8.51. The van der Waals surface area contributed by atoms with E-state index < -0.39 is 18.3 Å². The number of aliphatic hydroxyl groups excluding tert-OH is 2. The molecule has 2 heterocycles. The van der Waals surface area contributed by atoms with E-state index in [1.54, 1.807) is 6.92 Å². The molecule has 2 fully saturated rings. The van der Waals surface area contributed by atoms with E-state index in [1.165, 1.54) is 0 Å². The van der Waals surface area contributed by atoms with E-state index in [2.05, 4.69) is 22.5 Å². The fourth-order valence-corrected chi connectivity index (χ4v) is 6.20. The Bertz CT molecular complexity index is 1430. The lowest BCUT2D eigenvalue weighted by molar-refractivity contribution is -0.276. The number of esters is 1. The molecule has 0 aliphatic carbocycles. The largest absolute Gasteiger partial charge is 0.465 e. The van der Waals surface area contributed by atoms with Crippen molar-refractivity contribution in [3.63, 3.8) is 0 Å². The Balaban J connectivity index is 1.28. The molecule has 0 bridgehead atoms. The maximum atomic E-state index is 12.1. The Morgan fingerprint density at radius 2 is 1.70 bits per heavy atom. The summed E-state index contributed by atoms with van der Waals surface area (Å²) in [7, 11) is 0. The highest BCUT2D eigenvalue weighted by atomic mass is 16.7. The van der Waals surface area contributed by atoms with Gasteiger partial charge in [0.15, 0.2) is 6.29 Å². The number of aliphatic hydroxyl groups is 2. The summed E-state index contributed by atoms with van der Waals surface area (Å²) in [6.07, 6.45) is 1.18. The van der Waals surface area contributed by atoms with Gasteiger partial charge in [0.25, 0.3) is 0 Å². The summed E-state index contributed by atoms with van der Waals surface area (Å²) in [4.78, 5) is 25.9. The number of amides is 2. The molecule has 2 saturated heterocycles. The van der Waals surface area contributed by atoms with Crippen LogP contribution in [0.5, 0.6) is 0 Å². The van der Waals surface area contributed by atoms with Gasteiger partial charge in [-0.1, -0.05) is 73.7 Å². The van der Waals surface area contributed by atoms with Crippen molar-refractivity contribution in [3.05, 3.63) is 95.1 Å². The minimum atomic E-state index is -0.573. The second kappa shape index (κ2) is 16.2. The number of urea groups is 1. The Morgan fingerprint density at radius 1 is 0.935 bits per heavy atom. The molecule has 0 radical (unpaired) electrons. The maximum Gasteiger partial charge on any atom is 0.325 e. The van der Waals surface area contributed by atoms with Crippen LogP contribution in [0.3, 0.4) is 0 Å². The SMILES string of the molecule is CCOC(=O)CNC(=O)NCc1cccc(-c2ccc([C@@H]3O[C@H](CN4CCC[C@H]4CO)[C@H](C)[C@H](c4ccc(CO)cc4)O3)cc2)c1. The number of benzene rings is 3. The molecule has 5 rings (SSSR count). The molecule has 3 aromatic rings. The van der Waals surface area contributed by atoms with Crippen molar-refractivity contribution >= 4 is 12.0 Å². The first kappa shape index (κ1) is 33.6. The Hall–Kier alpha value is -3.80. The highest BCUT2D eigenvalue weighted by molar-refractivity contribution is 5.80. The van der Waals surface area contributed by atoms with Crippen molar-refractivity contribution in [1.29, 1.82) is 0 Å². The number of rotatable bonds is 12. The van der Waals surface area contributed by atoms with E-state index in [4.69, 9.17) is 14.2 Å². The Labute approximate surface area is 270 Å². The number of nitrogens with one attached hydrogen (secondary N) is 2. The molecule has 246 valence electrons. The number of hydrogen-bond acceptors (Lipinski definition) is 8. The van der Waals surface area contributed by atoms with E-state index in [1.807, 2.05) is 72.8 Å². The van der Waals surface area contributed by atoms with Crippen LogP contribution in [0.1, 0.15) is 61.3 Å². The van der Waals surface area contributed by atoms with Crippen LogP contribution < -0.4 is 10.6 Å². The van der Waals surface area contributed by atoms with Crippen LogP contribution in [-0.4, -0.2) is 72.1 Å². The highest BCUT2D eigenvalue weighted by Gasteiger charge is 2.40. The minimum absolute atomic E-state index is 0.00848. The first-order chi connectivity index (χ1) is 22.4. The van der Waals surface area contributed by atoms with Crippen LogP contribution in [-0.2, 0) is 32.2 Å². The fourth-order valence-electron chi connectivity index (χ4n) is 6.20. The summed E-state index contributed by atoms with van der Waals surface area (Å²) in [6.45, 7) is 6.06. The molecular formula is C36H45N3O7. The topological polar surface area (TPSA) is 130 Å². The van der Waals surface area contributed by atoms with Crippen LogP contribution in [0.2, 0.25) is 0 Å². The third-order valence-corrected chi connectivity index (χ3v) is 8.84. The lowest BCUT2D eigenvalue weighted by atomic mass is 9.89. The third-order valence-electron chi connectivity index (χ3n) is 8.84. The summed E-state index contributed by atoms with van der Waals surface area (Å²) < 4.78 is 18.1. The molecule has 2 amide bonds. The Morgan fingerprint density at radius 3 is 2.41 bits per heavy atom. The van der Waals surface area contributed by atoms with Crippen molar-refractivity contribution in [1.82, 2.24) is 15.5 Å². The summed E-state index contributed by atoms with van der Waals surface area (Å²) >= 11 is 0. The van der Waals surface area contributed by atoms with Gasteiger partial charge in [-0.3, -0.25) is 9.69 Å². The van der Waals surface area contributed by atoms with Gasteiger partial charge >= 0.3 is 12.0 Å². The zero-order valence-corrected chi connectivity index (χ0v) is 26.6. The van der Waals surface area contributed by atoms with Gasteiger partial charge in [0, 0.05) is 30.6 Å². The van der Waals surface area contributed by atoms with E-state index in [0.717, 1.165) is 59.3 Å². The molecular weight excluding hydrogens is 586 g/mol. The van der Waals surface area contributed by atoms with Crippen LogP contribution in [0, 0.1) is 5.92 Å². The van der Waals surface area contributed by atoms with E-state index >= 15 is 0 Å². The second-order valence-corrected chi connectivity index (χ2v) is 12.0. The zero-order chi connectivity index (χ0) is 32.5. The van der Waals surface area contributed by atoms with Crippen molar-refractivity contribution < 1.29 is 34.0 Å². The van der Waals surface area contributed by atoms with Crippen molar-refractivity contribution in [3.8, 4) is 11.1 Å². The lowest BCUT2D eigenvalue weighted by Gasteiger charge is -2.43. The summed E-state index contributed by atoms with van der Waals surface area (Å²) in [5.41, 5.74) is 5.74. The van der Waals surface area contributed by atoms with Crippen molar-refractivity contribution in [2.75, 3.05) is 32.8 Å². The van der Waals surface area contributed by atoms with Crippen molar-refractivity contribution in [2.45, 2.75) is 64.4 Å². The maximum absolute atomic E-state index is 12.1. The predicted octanol–water partition coefficient (Wildman–Crippen LogP) is 4.46. The van der Waals surface area contributed by atoms with Gasteiger partial charge in [-0.25, -0.2) is 4.79 Å². The standard InChI is InChI=1S/C36H45N3O7/c1-3-44-33(42)20-38-36(43)37-19-26-6-4-7-30(18-26)27-13-15-29(16-14-27)35-45-32(21-39-17-5-8-31(39)23-41)24(2)34(46-35)28-11-9-25(22-40)10-12-28/h4,6-7,9-16,18,24,31-32,34-35,40-41H,3,5,8,17,19-23H2,1-2H3,(H2,37,38,43)/t24-,31-,32+,34+,35+/m0/s1. The Kier molecular flexibility index (Phi) is 11.8. The molecule has 0 spiro atoms. The monoisotopic (exact) mass is 631 g/mol. The molecule has 0 saturated carbocycles. The minimum Gasteiger partial charge on any atom is -0.465 e. The van der Waals surface area contributed by atoms with Crippen LogP contribution in [0.25, 0.3) is 11.1 Å². The average molecular weight is 632 g/mol. The van der Waals surface area contributed by atoms with Gasteiger partial charge in [-0.15, -0.1) is 0 Å². The van der Waals surface area contributed by atoms with Crippen molar-refractivity contribution in [2.24, 2.45) is 5.92 Å².